The van der Waals surface area contributed by atoms with Gasteiger partial charge >= 0.3 is 0 Å². The van der Waals surface area contributed by atoms with E-state index in [0.29, 0.717) is 11.3 Å². The van der Waals surface area contributed by atoms with Gasteiger partial charge in [-0.1, -0.05) is 18.2 Å². The van der Waals surface area contributed by atoms with Crippen molar-refractivity contribution in [3.05, 3.63) is 80.2 Å². The van der Waals surface area contributed by atoms with E-state index in [2.05, 4.69) is 21.7 Å². The number of fused-ring (bicyclic) bond motifs is 1. The lowest BCUT2D eigenvalue weighted by Crippen LogP contribution is -2.30. The van der Waals surface area contributed by atoms with Crippen molar-refractivity contribution in [3.63, 3.8) is 0 Å². The minimum Gasteiger partial charge on any atom is -0.496 e. The number of nitrogens with zero attached hydrogens (tertiary/aromatic N) is 2. The van der Waals surface area contributed by atoms with Crippen molar-refractivity contribution in [3.8, 4) is 5.75 Å². The zero-order valence-corrected chi connectivity index (χ0v) is 16.2. The number of carbonyl (C=O) groups is 1. The highest BCUT2D eigenvalue weighted by atomic mass is 79.9. The van der Waals surface area contributed by atoms with E-state index in [4.69, 9.17) is 4.74 Å². The molecular weight excluding hydrogens is 431 g/mol. The first-order valence-electron chi connectivity index (χ1n) is 8.46. The fourth-order valence-electron chi connectivity index (χ4n) is 3.87. The summed E-state index contributed by atoms with van der Waals surface area (Å²) in [7, 11) is 1.52. The molecular formula is C20H14BrFN2O4. The predicted molar refractivity (Wildman–Crippen MR) is 104 cm³/mol. The molecule has 0 aromatic heterocycles. The molecule has 1 aliphatic carbocycles. The molecule has 8 heteroatoms. The number of para-hydroxylation sites is 1. The second-order valence-electron chi connectivity index (χ2n) is 6.51. The second-order valence-corrected chi connectivity index (χ2v) is 7.36. The van der Waals surface area contributed by atoms with Crippen LogP contribution in [0.5, 0.6) is 5.75 Å². The molecule has 4 rings (SSSR count). The van der Waals surface area contributed by atoms with E-state index in [-0.39, 0.29) is 22.0 Å². The van der Waals surface area contributed by atoms with Crippen LogP contribution in [0, 0.1) is 27.8 Å². The molecule has 0 spiro atoms. The lowest BCUT2D eigenvalue weighted by Gasteiger charge is -2.28. The number of amides is 1. The topological polar surface area (TPSA) is 72.7 Å². The number of methoxy groups -OCH3 is 1. The van der Waals surface area contributed by atoms with Crippen LogP contribution in [0.25, 0.3) is 0 Å². The summed E-state index contributed by atoms with van der Waals surface area (Å²) in [4.78, 5) is 25.5. The van der Waals surface area contributed by atoms with Gasteiger partial charge in [-0.15, -0.1) is 5.73 Å². The molecule has 1 amide bonds. The summed E-state index contributed by atoms with van der Waals surface area (Å²) in [6, 6.07) is 8.77. The number of hydrogen-bond acceptors (Lipinski definition) is 4. The van der Waals surface area contributed by atoms with Crippen molar-refractivity contribution in [2.45, 2.75) is 6.04 Å². The molecule has 1 fully saturated rings. The quantitative estimate of drug-likeness (QED) is 0.393. The highest BCUT2D eigenvalue weighted by molar-refractivity contribution is 9.10. The highest BCUT2D eigenvalue weighted by Crippen LogP contribution is 2.51. The standard InChI is InChI=1S/C20H14BrFN2O4/c1-28-18-8-3-2-5-13(18)19-11-6-4-7-12(11)20(25)23(19)16-9-14(21)15(22)10-17(16)24(26)27/h2-3,5-12,19H,1H3/t11-,12+,19+/m0/s1. The molecule has 1 saturated heterocycles. The summed E-state index contributed by atoms with van der Waals surface area (Å²) in [6.07, 6.45) is 3.46. The molecule has 0 unspecified atom stereocenters. The van der Waals surface area contributed by atoms with Gasteiger partial charge in [-0.25, -0.2) is 4.39 Å². The molecule has 1 aliphatic heterocycles. The van der Waals surface area contributed by atoms with Crippen molar-refractivity contribution in [1.29, 1.82) is 0 Å². The van der Waals surface area contributed by atoms with Gasteiger partial charge in [0.2, 0.25) is 5.91 Å². The van der Waals surface area contributed by atoms with E-state index in [9.17, 15) is 19.3 Å². The summed E-state index contributed by atoms with van der Waals surface area (Å²) in [6.45, 7) is 0. The third-order valence-corrected chi connectivity index (χ3v) is 5.68. The molecule has 0 N–H and O–H groups in total. The maximum atomic E-state index is 14.0. The van der Waals surface area contributed by atoms with Crippen molar-refractivity contribution < 1.29 is 18.8 Å². The zero-order chi connectivity index (χ0) is 20.0. The lowest BCUT2D eigenvalue weighted by atomic mass is 9.89. The van der Waals surface area contributed by atoms with E-state index in [1.807, 2.05) is 12.1 Å². The van der Waals surface area contributed by atoms with Crippen LogP contribution in [-0.2, 0) is 4.79 Å². The molecule has 1 heterocycles. The van der Waals surface area contributed by atoms with Gasteiger partial charge in [-0.3, -0.25) is 19.8 Å². The van der Waals surface area contributed by atoms with Crippen molar-refractivity contribution in [2.24, 2.45) is 11.8 Å². The number of hydrogen-bond donors (Lipinski definition) is 0. The van der Waals surface area contributed by atoms with Crippen LogP contribution >= 0.6 is 15.9 Å². The molecule has 0 radical (unpaired) electrons. The molecule has 142 valence electrons. The molecule has 6 nitrogen and oxygen atoms in total. The number of carbonyl (C=O) groups excluding carboxylic acids is 1. The molecule has 3 atom stereocenters. The number of rotatable bonds is 4. The van der Waals surface area contributed by atoms with E-state index in [0.717, 1.165) is 6.07 Å². The van der Waals surface area contributed by atoms with E-state index in [1.165, 1.54) is 18.1 Å². The third kappa shape index (κ3) is 2.73. The smallest absolute Gasteiger partial charge is 0.295 e. The van der Waals surface area contributed by atoms with Crippen LogP contribution in [0.2, 0.25) is 0 Å². The van der Waals surface area contributed by atoms with Crippen LogP contribution < -0.4 is 9.64 Å². The Balaban J connectivity index is 1.95. The Morgan fingerprint density at radius 3 is 2.75 bits per heavy atom. The summed E-state index contributed by atoms with van der Waals surface area (Å²) in [5.41, 5.74) is 3.26. The van der Waals surface area contributed by atoms with Gasteiger partial charge in [0.25, 0.3) is 5.69 Å². The van der Waals surface area contributed by atoms with Gasteiger partial charge in [0.05, 0.1) is 34.5 Å². The molecule has 0 saturated carbocycles. The van der Waals surface area contributed by atoms with Gasteiger partial charge in [0.1, 0.15) is 17.3 Å². The Morgan fingerprint density at radius 1 is 1.29 bits per heavy atom. The largest absolute Gasteiger partial charge is 0.496 e. The maximum Gasteiger partial charge on any atom is 0.295 e. The van der Waals surface area contributed by atoms with Crippen molar-refractivity contribution >= 4 is 33.2 Å². The first-order valence-corrected chi connectivity index (χ1v) is 9.25. The number of halogens is 2. The molecule has 2 aliphatic rings. The number of anilines is 1. The predicted octanol–water partition coefficient (Wildman–Crippen LogP) is 4.55. The van der Waals surface area contributed by atoms with Crippen molar-refractivity contribution in [2.75, 3.05) is 12.0 Å². The van der Waals surface area contributed by atoms with E-state index in [1.54, 1.807) is 24.3 Å². The zero-order valence-electron chi connectivity index (χ0n) is 14.6. The van der Waals surface area contributed by atoms with Crippen LogP contribution in [0.15, 0.2) is 58.8 Å². The second kappa shape index (κ2) is 6.89. The Labute approximate surface area is 168 Å². The van der Waals surface area contributed by atoms with E-state index >= 15 is 0 Å². The summed E-state index contributed by atoms with van der Waals surface area (Å²) < 4.78 is 19.5. The fraction of sp³-hybridized carbons (Fsp3) is 0.200. The number of nitro groups is 1. The summed E-state index contributed by atoms with van der Waals surface area (Å²) >= 11 is 3.07. The van der Waals surface area contributed by atoms with Crippen LogP contribution in [0.1, 0.15) is 11.6 Å². The molecule has 28 heavy (non-hydrogen) atoms. The average Bonchev–Trinajstić information content (AvgIpc) is 3.25. The lowest BCUT2D eigenvalue weighted by molar-refractivity contribution is -0.384. The van der Waals surface area contributed by atoms with Gasteiger partial charge in [0.15, 0.2) is 0 Å². The monoisotopic (exact) mass is 444 g/mol. The Morgan fingerprint density at radius 2 is 2.04 bits per heavy atom. The molecule has 2 aromatic rings. The van der Waals surface area contributed by atoms with Crippen molar-refractivity contribution in [1.82, 2.24) is 0 Å². The van der Waals surface area contributed by atoms with Crippen LogP contribution in [-0.4, -0.2) is 17.9 Å². The third-order valence-electron chi connectivity index (χ3n) is 5.08. The fourth-order valence-corrected chi connectivity index (χ4v) is 4.20. The summed E-state index contributed by atoms with van der Waals surface area (Å²) in [5, 5.41) is 11.6. The highest BCUT2D eigenvalue weighted by Gasteiger charge is 2.51. The molecule has 0 bridgehead atoms. The number of benzene rings is 2. The summed E-state index contributed by atoms with van der Waals surface area (Å²) in [5.74, 6) is -1.25. The van der Waals surface area contributed by atoms with Gasteiger partial charge in [-0.05, 0) is 40.2 Å². The minimum atomic E-state index is -0.768. The normalized spacial score (nSPS) is 22.6. The van der Waals surface area contributed by atoms with Crippen LogP contribution in [0.4, 0.5) is 15.8 Å². The van der Waals surface area contributed by atoms with Gasteiger partial charge < -0.3 is 4.74 Å². The Kier molecular flexibility index (Phi) is 4.53. The molecule has 2 aromatic carbocycles. The Hall–Kier alpha value is -2.96. The first-order chi connectivity index (χ1) is 13.4. The minimum absolute atomic E-state index is 0.0374. The van der Waals surface area contributed by atoms with E-state index < -0.39 is 28.4 Å². The average molecular weight is 445 g/mol. The van der Waals surface area contributed by atoms with Gasteiger partial charge in [0, 0.05) is 11.5 Å². The first kappa shape index (κ1) is 18.4. The number of ether oxygens (including phenoxy) is 1. The maximum absolute atomic E-state index is 14.0. The number of nitro benzene ring substituents is 1. The SMILES string of the molecule is COc1ccccc1[C@H]1[C@H]2C=C=C[C@H]2C(=O)N1c1cc(Br)c(F)cc1[N+](=O)[O-]. The van der Waals surface area contributed by atoms with Crippen LogP contribution in [0.3, 0.4) is 0 Å². The van der Waals surface area contributed by atoms with Gasteiger partial charge in [-0.2, -0.15) is 0 Å². The Bertz CT molecular complexity index is 1060.